The number of ether oxygens (including phenoxy) is 2. The molecule has 2 heterocycles. The van der Waals surface area contributed by atoms with Gasteiger partial charge in [0.1, 0.15) is 5.60 Å². The zero-order chi connectivity index (χ0) is 26.1. The van der Waals surface area contributed by atoms with E-state index in [2.05, 4.69) is 10.2 Å². The standard InChI is InChI=1S/C27H38N4O5/c1-18-11-22-21(14-31(18)25(34)36-26(2,3)4)23(29-28-22)24(33)30(5)16-27(17-32)12-20(13-27)35-15-19-9-7-6-8-10-19/h6-10,18,20,32H,11-17H2,1-5H3,(H,28,29)/t18-,20?,27?/m1/s1. The number of benzene rings is 1. The number of aromatic nitrogens is 2. The molecule has 0 radical (unpaired) electrons. The lowest BCUT2D eigenvalue weighted by Crippen LogP contribution is -2.52. The summed E-state index contributed by atoms with van der Waals surface area (Å²) in [6.07, 6.45) is 1.61. The van der Waals surface area contributed by atoms with Crippen molar-refractivity contribution in [2.75, 3.05) is 20.2 Å². The maximum absolute atomic E-state index is 13.4. The molecule has 4 rings (SSSR count). The van der Waals surface area contributed by atoms with Crippen LogP contribution in [0.3, 0.4) is 0 Å². The monoisotopic (exact) mass is 498 g/mol. The van der Waals surface area contributed by atoms with Crippen LogP contribution in [0, 0.1) is 5.41 Å². The first-order valence-electron chi connectivity index (χ1n) is 12.6. The van der Waals surface area contributed by atoms with Crippen molar-refractivity contribution in [1.82, 2.24) is 20.0 Å². The summed E-state index contributed by atoms with van der Waals surface area (Å²) >= 11 is 0. The SMILES string of the molecule is C[C@@H]1Cc2[nH]nc(C(=O)N(C)CC3(CO)CC(OCc4ccccc4)C3)c2CN1C(=O)OC(C)(C)C. The predicted molar refractivity (Wildman–Crippen MR) is 134 cm³/mol. The van der Waals surface area contributed by atoms with Gasteiger partial charge in [0.15, 0.2) is 5.69 Å². The van der Waals surface area contributed by atoms with Crippen molar-refractivity contribution in [3.8, 4) is 0 Å². The van der Waals surface area contributed by atoms with Gasteiger partial charge in [-0.15, -0.1) is 0 Å². The average molecular weight is 499 g/mol. The quantitative estimate of drug-likeness (QED) is 0.605. The molecule has 36 heavy (non-hydrogen) atoms. The van der Waals surface area contributed by atoms with Gasteiger partial charge in [-0.05, 0) is 46.1 Å². The van der Waals surface area contributed by atoms with E-state index in [0.29, 0.717) is 38.1 Å². The maximum Gasteiger partial charge on any atom is 0.410 e. The highest BCUT2D eigenvalue weighted by molar-refractivity contribution is 5.94. The van der Waals surface area contributed by atoms with E-state index in [9.17, 15) is 14.7 Å². The number of carbonyl (C=O) groups excluding carboxylic acids is 2. The maximum atomic E-state index is 13.4. The first-order chi connectivity index (χ1) is 17.0. The van der Waals surface area contributed by atoms with Gasteiger partial charge in [-0.3, -0.25) is 9.89 Å². The largest absolute Gasteiger partial charge is 0.444 e. The van der Waals surface area contributed by atoms with Gasteiger partial charge in [0.2, 0.25) is 0 Å². The molecule has 1 atom stereocenters. The van der Waals surface area contributed by atoms with Crippen molar-refractivity contribution in [2.45, 2.75) is 77.9 Å². The molecule has 1 aliphatic carbocycles. The van der Waals surface area contributed by atoms with Crippen LogP contribution in [0.15, 0.2) is 30.3 Å². The van der Waals surface area contributed by atoms with Gasteiger partial charge in [-0.1, -0.05) is 30.3 Å². The number of aliphatic hydroxyl groups is 1. The molecule has 0 bridgehead atoms. The van der Waals surface area contributed by atoms with Gasteiger partial charge in [0, 0.05) is 42.7 Å². The number of nitrogens with one attached hydrogen (secondary N) is 1. The van der Waals surface area contributed by atoms with Crippen LogP contribution in [0.1, 0.15) is 67.8 Å². The normalized spacial score (nSPS) is 23.6. The highest BCUT2D eigenvalue weighted by atomic mass is 16.6. The fraction of sp³-hybridized carbons (Fsp3) is 0.593. The van der Waals surface area contributed by atoms with Crippen molar-refractivity contribution in [3.05, 3.63) is 52.8 Å². The van der Waals surface area contributed by atoms with Crippen molar-refractivity contribution in [2.24, 2.45) is 5.41 Å². The summed E-state index contributed by atoms with van der Waals surface area (Å²) in [6, 6.07) is 9.93. The summed E-state index contributed by atoms with van der Waals surface area (Å²) in [7, 11) is 1.73. The lowest BCUT2D eigenvalue weighted by atomic mass is 9.67. The molecule has 1 aliphatic heterocycles. The van der Waals surface area contributed by atoms with Gasteiger partial charge in [-0.2, -0.15) is 5.10 Å². The van der Waals surface area contributed by atoms with Crippen LogP contribution in [0.5, 0.6) is 0 Å². The summed E-state index contributed by atoms with van der Waals surface area (Å²) in [5.74, 6) is -0.229. The Morgan fingerprint density at radius 1 is 1.25 bits per heavy atom. The van der Waals surface area contributed by atoms with Crippen LogP contribution in [-0.2, 0) is 29.0 Å². The van der Waals surface area contributed by atoms with Crippen molar-refractivity contribution >= 4 is 12.0 Å². The number of hydrogen-bond donors (Lipinski definition) is 2. The number of amides is 2. The molecule has 0 unspecified atom stereocenters. The highest BCUT2D eigenvalue weighted by Crippen LogP contribution is 2.43. The molecule has 1 fully saturated rings. The molecule has 2 N–H and O–H groups in total. The topological polar surface area (TPSA) is 108 Å². The van der Waals surface area contributed by atoms with Crippen molar-refractivity contribution in [1.29, 1.82) is 0 Å². The van der Waals surface area contributed by atoms with Crippen LogP contribution < -0.4 is 0 Å². The number of rotatable bonds is 7. The Balaban J connectivity index is 1.37. The summed E-state index contributed by atoms with van der Waals surface area (Å²) in [4.78, 5) is 29.4. The minimum absolute atomic E-state index is 0.0155. The Hall–Kier alpha value is -2.91. The number of H-pyrrole nitrogens is 1. The first kappa shape index (κ1) is 26.2. The summed E-state index contributed by atoms with van der Waals surface area (Å²) in [5.41, 5.74) is 2.04. The van der Waals surface area contributed by atoms with E-state index in [1.807, 2.05) is 58.0 Å². The van der Waals surface area contributed by atoms with Crippen molar-refractivity contribution < 1.29 is 24.2 Å². The molecule has 1 aromatic heterocycles. The summed E-state index contributed by atoms with van der Waals surface area (Å²) in [6.45, 7) is 8.65. The molecule has 9 nitrogen and oxygen atoms in total. The van der Waals surface area contributed by atoms with Crippen LogP contribution in [-0.4, -0.2) is 75.1 Å². The molecular formula is C27H38N4O5. The molecule has 0 saturated heterocycles. The van der Waals surface area contributed by atoms with E-state index in [0.717, 1.165) is 16.8 Å². The fourth-order valence-electron chi connectivity index (χ4n) is 5.09. The first-order valence-corrected chi connectivity index (χ1v) is 12.6. The number of carbonyl (C=O) groups is 2. The van der Waals surface area contributed by atoms with E-state index in [-0.39, 0.29) is 36.6 Å². The van der Waals surface area contributed by atoms with E-state index in [1.165, 1.54) is 0 Å². The van der Waals surface area contributed by atoms with Crippen LogP contribution in [0.4, 0.5) is 4.79 Å². The molecule has 1 saturated carbocycles. The predicted octanol–water partition coefficient (Wildman–Crippen LogP) is 3.52. The third kappa shape index (κ3) is 5.73. The molecular weight excluding hydrogens is 460 g/mol. The van der Waals surface area contributed by atoms with Gasteiger partial charge < -0.3 is 24.4 Å². The molecule has 1 aromatic carbocycles. The third-order valence-electron chi connectivity index (χ3n) is 7.05. The van der Waals surface area contributed by atoms with Gasteiger partial charge in [0.05, 0.1) is 25.9 Å². The number of nitrogens with zero attached hydrogens (tertiary/aromatic N) is 3. The Morgan fingerprint density at radius 2 is 1.94 bits per heavy atom. The van der Waals surface area contributed by atoms with E-state index in [1.54, 1.807) is 16.8 Å². The molecule has 0 spiro atoms. The smallest absolute Gasteiger partial charge is 0.410 e. The van der Waals surface area contributed by atoms with Gasteiger partial charge in [0.25, 0.3) is 5.91 Å². The Kier molecular flexibility index (Phi) is 7.43. The van der Waals surface area contributed by atoms with E-state index in [4.69, 9.17) is 9.47 Å². The molecule has 2 amide bonds. The van der Waals surface area contributed by atoms with Crippen molar-refractivity contribution in [3.63, 3.8) is 0 Å². The highest BCUT2D eigenvalue weighted by Gasteiger charge is 2.46. The average Bonchev–Trinajstić information content (AvgIpc) is 3.21. The Labute approximate surface area is 212 Å². The molecule has 2 aromatic rings. The third-order valence-corrected chi connectivity index (χ3v) is 7.05. The minimum atomic E-state index is -0.601. The molecule has 2 aliphatic rings. The zero-order valence-electron chi connectivity index (χ0n) is 21.9. The van der Waals surface area contributed by atoms with Gasteiger partial charge in [-0.25, -0.2) is 4.79 Å². The van der Waals surface area contributed by atoms with Crippen LogP contribution in [0.2, 0.25) is 0 Å². The lowest BCUT2D eigenvalue weighted by molar-refractivity contribution is -0.114. The summed E-state index contributed by atoms with van der Waals surface area (Å²) < 4.78 is 11.6. The minimum Gasteiger partial charge on any atom is -0.444 e. The number of aromatic amines is 1. The second kappa shape index (κ2) is 10.2. The second-order valence-electron chi connectivity index (χ2n) is 11.3. The second-order valence-corrected chi connectivity index (χ2v) is 11.3. The lowest BCUT2D eigenvalue weighted by Gasteiger charge is -2.48. The van der Waals surface area contributed by atoms with E-state index < -0.39 is 11.7 Å². The van der Waals surface area contributed by atoms with Gasteiger partial charge >= 0.3 is 6.09 Å². The number of hydrogen-bond acceptors (Lipinski definition) is 6. The van der Waals surface area contributed by atoms with Crippen LogP contribution in [0.25, 0.3) is 0 Å². The molecule has 196 valence electrons. The Morgan fingerprint density at radius 3 is 2.58 bits per heavy atom. The van der Waals surface area contributed by atoms with Crippen LogP contribution >= 0.6 is 0 Å². The number of aliphatic hydroxyl groups excluding tert-OH is 1. The van der Waals surface area contributed by atoms with E-state index >= 15 is 0 Å². The number of fused-ring (bicyclic) bond motifs is 1. The molecule has 9 heteroatoms. The summed E-state index contributed by atoms with van der Waals surface area (Å²) in [5, 5.41) is 17.5. The Bertz CT molecular complexity index is 1070. The fourth-order valence-corrected chi connectivity index (χ4v) is 5.09. The zero-order valence-corrected chi connectivity index (χ0v) is 21.9.